The molecule has 0 aliphatic carbocycles. The van der Waals surface area contributed by atoms with Gasteiger partial charge in [0.2, 0.25) is 5.88 Å². The molecule has 2 N–H and O–H groups in total. The maximum absolute atomic E-state index is 12.7. The smallest absolute Gasteiger partial charge is 0.410 e. The maximum atomic E-state index is 12.7. The molecular formula is C28H26N6O3. The van der Waals surface area contributed by atoms with Gasteiger partial charge in [-0.25, -0.2) is 14.5 Å². The van der Waals surface area contributed by atoms with E-state index in [0.717, 1.165) is 18.4 Å². The van der Waals surface area contributed by atoms with Crippen molar-refractivity contribution in [3.8, 4) is 29.0 Å². The molecule has 2 aromatic heterocycles. The first-order valence-corrected chi connectivity index (χ1v) is 12.1. The molecule has 37 heavy (non-hydrogen) atoms. The van der Waals surface area contributed by atoms with E-state index in [2.05, 4.69) is 16.2 Å². The van der Waals surface area contributed by atoms with Gasteiger partial charge in [-0.1, -0.05) is 48.5 Å². The summed E-state index contributed by atoms with van der Waals surface area (Å²) >= 11 is 0. The Balaban J connectivity index is 1.30. The Labute approximate surface area is 214 Å². The topological polar surface area (TPSA) is 119 Å². The van der Waals surface area contributed by atoms with E-state index in [-0.39, 0.29) is 30.1 Å². The molecule has 0 bridgehead atoms. The number of benzene rings is 2. The number of carbonyl (C=O) groups excluding carboxylic acids is 1. The van der Waals surface area contributed by atoms with Crippen LogP contribution in [-0.2, 0) is 11.3 Å². The third kappa shape index (κ3) is 5.38. The zero-order chi connectivity index (χ0) is 25.6. The molecular weight excluding hydrogens is 468 g/mol. The number of nitrogen functional groups attached to an aromatic ring is 1. The summed E-state index contributed by atoms with van der Waals surface area (Å²) in [7, 11) is 0. The summed E-state index contributed by atoms with van der Waals surface area (Å²) in [6, 6.07) is 24.4. The van der Waals surface area contributed by atoms with Crippen molar-refractivity contribution in [1.82, 2.24) is 19.7 Å². The molecule has 186 valence electrons. The van der Waals surface area contributed by atoms with E-state index in [1.807, 2.05) is 60.7 Å². The SMILES string of the molecule is N#Cc1c(-c2ccc(Oc3ccccc3)nc2)nn(C2CCCN(C(=O)OCc3ccccc3)C2)c1N. The predicted molar refractivity (Wildman–Crippen MR) is 138 cm³/mol. The lowest BCUT2D eigenvalue weighted by Gasteiger charge is -2.32. The van der Waals surface area contributed by atoms with Crippen LogP contribution in [0.3, 0.4) is 0 Å². The van der Waals surface area contributed by atoms with E-state index in [1.165, 1.54) is 0 Å². The van der Waals surface area contributed by atoms with Crippen molar-refractivity contribution >= 4 is 11.9 Å². The Hall–Kier alpha value is -4.84. The Morgan fingerprint density at radius 1 is 1.08 bits per heavy atom. The molecule has 1 aliphatic rings. The number of rotatable bonds is 6. The van der Waals surface area contributed by atoms with Gasteiger partial charge in [-0.3, -0.25) is 0 Å². The van der Waals surface area contributed by atoms with Crippen LogP contribution in [0, 0.1) is 11.3 Å². The van der Waals surface area contributed by atoms with Crippen molar-refractivity contribution in [3.63, 3.8) is 0 Å². The lowest BCUT2D eigenvalue weighted by Crippen LogP contribution is -2.41. The van der Waals surface area contributed by atoms with Crippen molar-refractivity contribution < 1.29 is 14.3 Å². The molecule has 1 saturated heterocycles. The fourth-order valence-electron chi connectivity index (χ4n) is 4.36. The van der Waals surface area contributed by atoms with Crippen LogP contribution in [0.5, 0.6) is 11.6 Å². The molecule has 1 aliphatic heterocycles. The molecule has 9 nitrogen and oxygen atoms in total. The molecule has 0 spiro atoms. The minimum absolute atomic E-state index is 0.174. The van der Waals surface area contributed by atoms with Crippen molar-refractivity contribution in [2.45, 2.75) is 25.5 Å². The molecule has 0 radical (unpaired) electrons. The number of amides is 1. The summed E-state index contributed by atoms with van der Waals surface area (Å²) in [5, 5.41) is 14.5. The minimum atomic E-state index is -0.377. The van der Waals surface area contributed by atoms with Crippen molar-refractivity contribution in [2.24, 2.45) is 0 Å². The molecule has 9 heteroatoms. The highest BCUT2D eigenvalue weighted by Crippen LogP contribution is 2.32. The number of hydrogen-bond donors (Lipinski definition) is 1. The summed E-state index contributed by atoms with van der Waals surface area (Å²) < 4.78 is 12.9. The van der Waals surface area contributed by atoms with Gasteiger partial charge < -0.3 is 20.1 Å². The van der Waals surface area contributed by atoms with Gasteiger partial charge in [0.1, 0.15) is 35.5 Å². The number of anilines is 1. The maximum Gasteiger partial charge on any atom is 0.410 e. The second-order valence-corrected chi connectivity index (χ2v) is 8.75. The largest absolute Gasteiger partial charge is 0.445 e. The highest BCUT2D eigenvalue weighted by atomic mass is 16.6. The highest BCUT2D eigenvalue weighted by Gasteiger charge is 2.29. The average molecular weight is 495 g/mol. The summed E-state index contributed by atoms with van der Waals surface area (Å²) in [6.45, 7) is 1.20. The van der Waals surface area contributed by atoms with Gasteiger partial charge in [0.05, 0.1) is 6.04 Å². The van der Waals surface area contributed by atoms with Crippen LogP contribution in [0.25, 0.3) is 11.3 Å². The number of nitrogens with two attached hydrogens (primary N) is 1. The zero-order valence-electron chi connectivity index (χ0n) is 20.2. The van der Waals surface area contributed by atoms with Gasteiger partial charge in [0.25, 0.3) is 0 Å². The van der Waals surface area contributed by atoms with E-state index in [9.17, 15) is 10.1 Å². The van der Waals surface area contributed by atoms with E-state index in [4.69, 9.17) is 15.2 Å². The number of para-hydroxylation sites is 1. The summed E-state index contributed by atoms with van der Waals surface area (Å²) in [4.78, 5) is 18.8. The minimum Gasteiger partial charge on any atom is -0.445 e. The van der Waals surface area contributed by atoms with Gasteiger partial charge in [0, 0.05) is 30.9 Å². The molecule has 3 heterocycles. The van der Waals surface area contributed by atoms with Gasteiger partial charge in [0.15, 0.2) is 0 Å². The molecule has 4 aromatic rings. The second-order valence-electron chi connectivity index (χ2n) is 8.75. The van der Waals surface area contributed by atoms with E-state index in [1.54, 1.807) is 27.9 Å². The van der Waals surface area contributed by atoms with Crippen molar-refractivity contribution in [2.75, 3.05) is 18.8 Å². The summed E-state index contributed by atoms with van der Waals surface area (Å²) in [5.41, 5.74) is 8.67. The lowest BCUT2D eigenvalue weighted by molar-refractivity contribution is 0.0791. The lowest BCUT2D eigenvalue weighted by atomic mass is 10.1. The Bertz CT molecular complexity index is 1400. The number of nitrogens with zero attached hydrogens (tertiary/aromatic N) is 5. The van der Waals surface area contributed by atoms with Crippen LogP contribution >= 0.6 is 0 Å². The number of ether oxygens (including phenoxy) is 2. The third-order valence-corrected chi connectivity index (χ3v) is 6.24. The van der Waals surface area contributed by atoms with Gasteiger partial charge in [-0.05, 0) is 36.6 Å². The highest BCUT2D eigenvalue weighted by molar-refractivity contribution is 5.72. The van der Waals surface area contributed by atoms with E-state index in [0.29, 0.717) is 36.0 Å². The number of piperidine rings is 1. The normalized spacial score (nSPS) is 15.1. The number of pyridine rings is 1. The van der Waals surface area contributed by atoms with Crippen LogP contribution in [0.15, 0.2) is 79.0 Å². The summed E-state index contributed by atoms with van der Waals surface area (Å²) in [6.07, 6.45) is 2.78. The van der Waals surface area contributed by atoms with Crippen LogP contribution < -0.4 is 10.5 Å². The first kappa shape index (κ1) is 23.9. The average Bonchev–Trinajstić information content (AvgIpc) is 3.29. The molecule has 1 fully saturated rings. The molecule has 2 aromatic carbocycles. The van der Waals surface area contributed by atoms with E-state index < -0.39 is 0 Å². The predicted octanol–water partition coefficient (Wildman–Crippen LogP) is 5.16. The molecule has 1 atom stereocenters. The van der Waals surface area contributed by atoms with Crippen molar-refractivity contribution in [3.05, 3.63) is 90.1 Å². The third-order valence-electron chi connectivity index (χ3n) is 6.24. The first-order chi connectivity index (χ1) is 18.1. The number of aromatic nitrogens is 3. The quantitative estimate of drug-likeness (QED) is 0.393. The van der Waals surface area contributed by atoms with Crippen LogP contribution in [-0.4, -0.2) is 38.8 Å². The molecule has 1 unspecified atom stereocenters. The number of hydrogen-bond acceptors (Lipinski definition) is 7. The fraction of sp³-hybridized carbons (Fsp3) is 0.214. The van der Waals surface area contributed by atoms with Crippen LogP contribution in [0.4, 0.5) is 10.6 Å². The Kier molecular flexibility index (Phi) is 6.99. The monoisotopic (exact) mass is 494 g/mol. The number of carbonyl (C=O) groups is 1. The van der Waals surface area contributed by atoms with Crippen LogP contribution in [0.2, 0.25) is 0 Å². The van der Waals surface area contributed by atoms with E-state index >= 15 is 0 Å². The zero-order valence-corrected chi connectivity index (χ0v) is 20.2. The second kappa shape index (κ2) is 10.8. The molecule has 5 rings (SSSR count). The first-order valence-electron chi connectivity index (χ1n) is 12.1. The molecule has 1 amide bonds. The standard InChI is InChI=1S/C28H26N6O3/c29-16-24-26(21-13-14-25(31-17-21)37-23-11-5-2-6-12-23)32-34(27(24)30)22-10-7-15-33(18-22)28(35)36-19-20-8-3-1-4-9-20/h1-6,8-9,11-14,17,22H,7,10,15,18-19,30H2. The fourth-order valence-corrected chi connectivity index (χ4v) is 4.36. The Morgan fingerprint density at radius 2 is 1.84 bits per heavy atom. The number of nitriles is 1. The summed E-state index contributed by atoms with van der Waals surface area (Å²) in [5.74, 6) is 1.38. The van der Waals surface area contributed by atoms with Gasteiger partial charge >= 0.3 is 6.09 Å². The van der Waals surface area contributed by atoms with Crippen LogP contribution in [0.1, 0.15) is 30.0 Å². The number of likely N-dealkylation sites (tertiary alicyclic amines) is 1. The Morgan fingerprint density at radius 3 is 2.54 bits per heavy atom. The van der Waals surface area contributed by atoms with Gasteiger partial charge in [-0.2, -0.15) is 10.4 Å². The van der Waals surface area contributed by atoms with Crippen molar-refractivity contribution in [1.29, 1.82) is 5.26 Å². The van der Waals surface area contributed by atoms with Gasteiger partial charge in [-0.15, -0.1) is 0 Å². The molecule has 0 saturated carbocycles.